The highest BCUT2D eigenvalue weighted by atomic mass is 79.9. The average Bonchev–Trinajstić information content (AvgIpc) is 2.86. The van der Waals surface area contributed by atoms with Crippen LogP contribution in [0.3, 0.4) is 0 Å². The zero-order valence-electron chi connectivity index (χ0n) is 12.0. The van der Waals surface area contributed by atoms with E-state index in [4.69, 9.17) is 10.5 Å². The molecule has 0 aliphatic carbocycles. The van der Waals surface area contributed by atoms with Crippen LogP contribution in [0.4, 0.5) is 0 Å². The SMILES string of the molecule is NC1=NC(=O)C(=Cc2ccc(OCc3ccc(Br)cc3)cc2)S1. The van der Waals surface area contributed by atoms with Gasteiger partial charge in [-0.1, -0.05) is 40.2 Å². The van der Waals surface area contributed by atoms with E-state index in [1.165, 1.54) is 11.8 Å². The largest absolute Gasteiger partial charge is 0.489 e. The van der Waals surface area contributed by atoms with E-state index in [9.17, 15) is 4.79 Å². The minimum Gasteiger partial charge on any atom is -0.489 e. The van der Waals surface area contributed by atoms with E-state index in [-0.39, 0.29) is 11.1 Å². The third-order valence-electron chi connectivity index (χ3n) is 3.13. The van der Waals surface area contributed by atoms with Crippen LogP contribution in [0.15, 0.2) is 62.9 Å². The van der Waals surface area contributed by atoms with Gasteiger partial charge in [-0.25, -0.2) is 0 Å². The van der Waals surface area contributed by atoms with E-state index < -0.39 is 0 Å². The topological polar surface area (TPSA) is 64.7 Å². The van der Waals surface area contributed by atoms with Crippen molar-refractivity contribution in [2.24, 2.45) is 10.7 Å². The summed E-state index contributed by atoms with van der Waals surface area (Å²) in [7, 11) is 0. The molecule has 0 saturated heterocycles. The average molecular weight is 389 g/mol. The van der Waals surface area contributed by atoms with E-state index in [2.05, 4.69) is 20.9 Å². The van der Waals surface area contributed by atoms with Gasteiger partial charge >= 0.3 is 0 Å². The molecule has 1 aliphatic heterocycles. The smallest absolute Gasteiger partial charge is 0.286 e. The van der Waals surface area contributed by atoms with Crippen molar-refractivity contribution in [2.75, 3.05) is 0 Å². The molecule has 2 aromatic rings. The summed E-state index contributed by atoms with van der Waals surface area (Å²) in [5.74, 6) is 0.485. The summed E-state index contributed by atoms with van der Waals surface area (Å²) in [6.45, 7) is 0.506. The van der Waals surface area contributed by atoms with Gasteiger partial charge in [-0.3, -0.25) is 4.79 Å². The van der Waals surface area contributed by atoms with E-state index in [1.807, 2.05) is 48.5 Å². The second kappa shape index (κ2) is 7.02. The molecule has 0 saturated carbocycles. The molecular weight excluding hydrogens is 376 g/mol. The summed E-state index contributed by atoms with van der Waals surface area (Å²) in [4.78, 5) is 15.8. The number of amides is 1. The van der Waals surface area contributed by atoms with E-state index in [1.54, 1.807) is 6.08 Å². The Labute approximate surface area is 146 Å². The van der Waals surface area contributed by atoms with E-state index >= 15 is 0 Å². The van der Waals surface area contributed by atoms with Crippen LogP contribution in [0.25, 0.3) is 6.08 Å². The first-order chi connectivity index (χ1) is 11.1. The summed E-state index contributed by atoms with van der Waals surface area (Å²) in [6.07, 6.45) is 1.77. The summed E-state index contributed by atoms with van der Waals surface area (Å²) < 4.78 is 6.79. The number of hydrogen-bond acceptors (Lipinski definition) is 4. The summed E-state index contributed by atoms with van der Waals surface area (Å²) >= 11 is 4.59. The number of nitrogens with two attached hydrogens (primary N) is 1. The summed E-state index contributed by atoms with van der Waals surface area (Å²) in [5, 5.41) is 0.288. The molecule has 1 amide bonds. The minimum atomic E-state index is -0.289. The van der Waals surface area contributed by atoms with Gasteiger partial charge in [0.15, 0.2) is 5.17 Å². The lowest BCUT2D eigenvalue weighted by molar-refractivity contribution is -0.113. The van der Waals surface area contributed by atoms with Crippen molar-refractivity contribution in [3.63, 3.8) is 0 Å². The molecule has 0 aromatic heterocycles. The van der Waals surface area contributed by atoms with Crippen molar-refractivity contribution in [2.45, 2.75) is 6.61 Å². The predicted molar refractivity (Wildman–Crippen MR) is 97.1 cm³/mol. The van der Waals surface area contributed by atoms with Crippen LogP contribution in [0, 0.1) is 0 Å². The first-order valence-corrected chi connectivity index (χ1v) is 8.46. The molecule has 0 fully saturated rings. The van der Waals surface area contributed by atoms with Gasteiger partial charge in [-0.05, 0) is 53.2 Å². The van der Waals surface area contributed by atoms with Crippen molar-refractivity contribution < 1.29 is 9.53 Å². The van der Waals surface area contributed by atoms with Crippen molar-refractivity contribution >= 4 is 44.8 Å². The maximum absolute atomic E-state index is 11.6. The number of nitrogens with zero attached hydrogens (tertiary/aromatic N) is 1. The zero-order valence-corrected chi connectivity index (χ0v) is 14.4. The van der Waals surface area contributed by atoms with E-state index in [0.717, 1.165) is 21.3 Å². The lowest BCUT2D eigenvalue weighted by atomic mass is 10.2. The van der Waals surface area contributed by atoms with Gasteiger partial charge in [0, 0.05) is 4.47 Å². The highest BCUT2D eigenvalue weighted by molar-refractivity contribution is 9.10. The fourth-order valence-corrected chi connectivity index (χ4v) is 2.93. The molecule has 2 N–H and O–H groups in total. The van der Waals surface area contributed by atoms with Gasteiger partial charge < -0.3 is 10.5 Å². The van der Waals surface area contributed by atoms with Crippen LogP contribution >= 0.6 is 27.7 Å². The Hall–Kier alpha value is -2.05. The van der Waals surface area contributed by atoms with Gasteiger partial charge in [0.05, 0.1) is 4.91 Å². The molecule has 23 heavy (non-hydrogen) atoms. The second-order valence-corrected chi connectivity index (χ2v) is 6.83. The highest BCUT2D eigenvalue weighted by Crippen LogP contribution is 2.27. The Morgan fingerprint density at radius 3 is 2.43 bits per heavy atom. The molecule has 2 aromatic carbocycles. The van der Waals surface area contributed by atoms with Crippen LogP contribution in [0.5, 0.6) is 5.75 Å². The number of thioether (sulfide) groups is 1. The normalized spacial score (nSPS) is 15.8. The van der Waals surface area contributed by atoms with Gasteiger partial charge in [0.2, 0.25) is 0 Å². The number of carbonyl (C=O) groups is 1. The molecule has 0 bridgehead atoms. The standard InChI is InChI=1S/C17H13BrN2O2S/c18-13-5-1-12(2-6-13)10-22-14-7-3-11(4-8-14)9-15-16(21)20-17(19)23-15/h1-9H,10H2,(H2,19,20,21). The highest BCUT2D eigenvalue weighted by Gasteiger charge is 2.19. The molecule has 0 radical (unpaired) electrons. The molecule has 6 heteroatoms. The van der Waals surface area contributed by atoms with Crippen LogP contribution < -0.4 is 10.5 Å². The van der Waals surface area contributed by atoms with Gasteiger partial charge in [0.1, 0.15) is 12.4 Å². The Morgan fingerprint density at radius 1 is 1.13 bits per heavy atom. The maximum Gasteiger partial charge on any atom is 0.286 e. The Bertz CT molecular complexity index is 783. The number of aliphatic imine (C=N–C) groups is 1. The Kier molecular flexibility index (Phi) is 4.83. The molecule has 1 heterocycles. The number of carbonyl (C=O) groups excluding carboxylic acids is 1. The fourth-order valence-electron chi connectivity index (χ4n) is 1.98. The Balaban J connectivity index is 1.62. The number of hydrogen-bond donors (Lipinski definition) is 1. The van der Waals surface area contributed by atoms with Crippen molar-refractivity contribution in [3.8, 4) is 5.75 Å². The quantitative estimate of drug-likeness (QED) is 0.805. The van der Waals surface area contributed by atoms with Gasteiger partial charge in [0.25, 0.3) is 5.91 Å². The van der Waals surface area contributed by atoms with Crippen molar-refractivity contribution in [3.05, 3.63) is 69.0 Å². The van der Waals surface area contributed by atoms with Crippen LogP contribution in [-0.4, -0.2) is 11.1 Å². The summed E-state index contributed by atoms with van der Waals surface area (Å²) in [5.41, 5.74) is 7.53. The molecule has 3 rings (SSSR count). The zero-order chi connectivity index (χ0) is 16.2. The maximum atomic E-state index is 11.6. The molecule has 0 spiro atoms. The molecular formula is C17H13BrN2O2S. The number of ether oxygens (including phenoxy) is 1. The van der Waals surface area contributed by atoms with Crippen molar-refractivity contribution in [1.82, 2.24) is 0 Å². The lowest BCUT2D eigenvalue weighted by Crippen LogP contribution is -2.01. The molecule has 4 nitrogen and oxygen atoms in total. The van der Waals surface area contributed by atoms with Crippen LogP contribution in [0.1, 0.15) is 11.1 Å². The van der Waals surface area contributed by atoms with Gasteiger partial charge in [-0.15, -0.1) is 0 Å². The fraction of sp³-hybridized carbons (Fsp3) is 0.0588. The first-order valence-electron chi connectivity index (χ1n) is 6.85. The third-order valence-corrected chi connectivity index (χ3v) is 4.48. The molecule has 116 valence electrons. The van der Waals surface area contributed by atoms with Crippen molar-refractivity contribution in [1.29, 1.82) is 0 Å². The van der Waals surface area contributed by atoms with Crippen LogP contribution in [-0.2, 0) is 11.4 Å². The monoisotopic (exact) mass is 388 g/mol. The Morgan fingerprint density at radius 2 is 1.83 bits per heavy atom. The van der Waals surface area contributed by atoms with Gasteiger partial charge in [-0.2, -0.15) is 4.99 Å². The predicted octanol–water partition coefficient (Wildman–Crippen LogP) is 3.96. The van der Waals surface area contributed by atoms with Crippen LogP contribution in [0.2, 0.25) is 0 Å². The lowest BCUT2D eigenvalue weighted by Gasteiger charge is -2.07. The molecule has 1 aliphatic rings. The number of amidine groups is 1. The number of rotatable bonds is 4. The van der Waals surface area contributed by atoms with E-state index in [0.29, 0.717) is 11.5 Å². The minimum absolute atomic E-state index is 0.288. The second-order valence-electron chi connectivity index (χ2n) is 4.85. The number of benzene rings is 2. The third kappa shape index (κ3) is 4.24. The first kappa shape index (κ1) is 15.8. The number of halogens is 1. The molecule has 0 unspecified atom stereocenters. The summed E-state index contributed by atoms with van der Waals surface area (Å²) in [6, 6.07) is 15.5. The molecule has 0 atom stereocenters.